The third-order valence-corrected chi connectivity index (χ3v) is 3.42. The van der Waals surface area contributed by atoms with Crippen molar-refractivity contribution in [2.45, 2.75) is 32.9 Å². The number of nitrogens with one attached hydrogen (secondary N) is 1. The molecule has 0 aliphatic heterocycles. The number of benzene rings is 1. The number of anilines is 2. The maximum Gasteiger partial charge on any atom is 0.410 e. The van der Waals surface area contributed by atoms with Gasteiger partial charge in [0.25, 0.3) is 10.9 Å². The molecule has 7 heteroatoms. The maximum atomic E-state index is 12.0. The first-order valence-corrected chi connectivity index (χ1v) is 7.79. The van der Waals surface area contributed by atoms with E-state index in [4.69, 9.17) is 9.47 Å². The molecule has 0 fully saturated rings. The van der Waals surface area contributed by atoms with Gasteiger partial charge in [0, 0.05) is 19.3 Å². The third kappa shape index (κ3) is 4.37. The van der Waals surface area contributed by atoms with Crippen LogP contribution in [-0.2, 0) is 11.3 Å². The van der Waals surface area contributed by atoms with Crippen LogP contribution in [0, 0.1) is 0 Å². The first-order chi connectivity index (χ1) is 11.6. The Labute approximate surface area is 145 Å². The fourth-order valence-corrected chi connectivity index (χ4v) is 2.20. The number of carbonyl (C=O) groups excluding carboxylic acids is 1. The minimum absolute atomic E-state index is 0.0405. The number of rotatable bonds is 5. The lowest BCUT2D eigenvalue weighted by Crippen LogP contribution is -2.34. The molecule has 0 saturated heterocycles. The summed E-state index contributed by atoms with van der Waals surface area (Å²) in [6, 6.07) is 7.16. The molecule has 2 aromatic rings. The minimum Gasteiger partial charge on any atom is -0.491 e. The molecule has 0 aromatic heterocycles. The average Bonchev–Trinajstić information content (AvgIpc) is 2.54. The molecule has 0 saturated carbocycles. The van der Waals surface area contributed by atoms with E-state index >= 15 is 0 Å². The highest BCUT2D eigenvalue weighted by molar-refractivity contribution is 5.70. The molecule has 7 nitrogen and oxygen atoms in total. The minimum atomic E-state index is -0.624. The van der Waals surface area contributed by atoms with Crippen LogP contribution in [0.1, 0.15) is 26.3 Å². The highest BCUT2D eigenvalue weighted by Gasteiger charge is 2.22. The molecule has 0 radical (unpaired) electrons. The third-order valence-electron chi connectivity index (χ3n) is 3.42. The van der Waals surface area contributed by atoms with Gasteiger partial charge in [-0.05, 0) is 38.5 Å². The van der Waals surface area contributed by atoms with Crippen molar-refractivity contribution in [2.24, 2.45) is 0 Å². The summed E-state index contributed by atoms with van der Waals surface area (Å²) >= 11 is 0. The Morgan fingerprint density at radius 3 is 2.24 bits per heavy atom. The van der Waals surface area contributed by atoms with Gasteiger partial charge in [-0.25, -0.2) is 4.79 Å². The molecule has 0 aliphatic carbocycles. The second-order valence-electron chi connectivity index (χ2n) is 6.72. The molecule has 2 rings (SSSR count). The van der Waals surface area contributed by atoms with Gasteiger partial charge in [-0.15, -0.1) is 0 Å². The van der Waals surface area contributed by atoms with E-state index in [9.17, 15) is 14.4 Å². The molecule has 0 atom stereocenters. The number of carbonyl (C=O) groups is 1. The number of amides is 1. The van der Waals surface area contributed by atoms with E-state index in [0.29, 0.717) is 12.2 Å². The molecule has 0 bridgehead atoms. The molecule has 0 spiro atoms. The van der Waals surface area contributed by atoms with Crippen LogP contribution in [0.25, 0.3) is 0 Å². The zero-order valence-electron chi connectivity index (χ0n) is 15.0. The van der Waals surface area contributed by atoms with Gasteiger partial charge in [-0.3, -0.25) is 9.59 Å². The zero-order valence-corrected chi connectivity index (χ0v) is 15.0. The van der Waals surface area contributed by atoms with E-state index in [1.807, 2.05) is 32.9 Å². The van der Waals surface area contributed by atoms with Gasteiger partial charge in [0.1, 0.15) is 11.3 Å². The van der Waals surface area contributed by atoms with Gasteiger partial charge in [0.2, 0.25) is 0 Å². The quantitative estimate of drug-likeness (QED) is 0.837. The number of hydrogen-bond donors (Lipinski definition) is 1. The smallest absolute Gasteiger partial charge is 0.410 e. The molecule has 0 heterocycles. The van der Waals surface area contributed by atoms with Crippen molar-refractivity contribution >= 4 is 17.5 Å². The van der Waals surface area contributed by atoms with Crippen LogP contribution in [0.3, 0.4) is 0 Å². The lowest BCUT2D eigenvalue weighted by Gasteiger charge is -2.24. The molecule has 0 unspecified atom stereocenters. The SMILES string of the molecule is COc1c(Nc2ccc(CN(C)C(=O)OC(C)(C)C)cc2)c(=O)c1=O. The molecule has 134 valence electrons. The maximum absolute atomic E-state index is 12.0. The summed E-state index contributed by atoms with van der Waals surface area (Å²) in [6.07, 6.45) is -0.400. The normalized spacial score (nSPS) is 11.2. The summed E-state index contributed by atoms with van der Waals surface area (Å²) in [5, 5.41) is 2.87. The van der Waals surface area contributed by atoms with Crippen LogP contribution >= 0.6 is 0 Å². The summed E-state index contributed by atoms with van der Waals surface area (Å²) in [5.41, 5.74) is -0.0548. The second kappa shape index (κ2) is 6.96. The Morgan fingerprint density at radius 2 is 1.72 bits per heavy atom. The summed E-state index contributed by atoms with van der Waals surface area (Å²) in [4.78, 5) is 36.3. The predicted octanol–water partition coefficient (Wildman–Crippen LogP) is 2.40. The first-order valence-electron chi connectivity index (χ1n) is 7.79. The fourth-order valence-electron chi connectivity index (χ4n) is 2.20. The van der Waals surface area contributed by atoms with Gasteiger partial charge in [0.05, 0.1) is 7.11 Å². The van der Waals surface area contributed by atoms with Crippen molar-refractivity contribution in [2.75, 3.05) is 19.5 Å². The van der Waals surface area contributed by atoms with Crippen molar-refractivity contribution in [1.82, 2.24) is 4.90 Å². The standard InChI is InChI=1S/C18H22N2O5/c1-18(2,3)25-17(23)20(4)10-11-6-8-12(9-7-11)19-13-14(21)15(22)16(13)24-5/h6-9,19H,10H2,1-5H3. The fraction of sp³-hybridized carbons (Fsp3) is 0.389. The molecule has 0 aliphatic rings. The summed E-state index contributed by atoms with van der Waals surface area (Å²) in [6.45, 7) is 5.83. The Bertz CT molecular complexity index is 827. The lowest BCUT2D eigenvalue weighted by atomic mass is 10.1. The highest BCUT2D eigenvalue weighted by Crippen LogP contribution is 2.22. The van der Waals surface area contributed by atoms with E-state index in [-0.39, 0.29) is 11.4 Å². The van der Waals surface area contributed by atoms with Crippen molar-refractivity contribution in [3.63, 3.8) is 0 Å². The summed E-state index contributed by atoms with van der Waals surface area (Å²) in [7, 11) is 3.01. The van der Waals surface area contributed by atoms with Crippen molar-refractivity contribution in [1.29, 1.82) is 0 Å². The molecular formula is C18H22N2O5. The largest absolute Gasteiger partial charge is 0.491 e. The van der Waals surface area contributed by atoms with E-state index in [2.05, 4.69) is 5.32 Å². The number of ether oxygens (including phenoxy) is 2. The number of hydrogen-bond acceptors (Lipinski definition) is 6. The highest BCUT2D eigenvalue weighted by atomic mass is 16.6. The average molecular weight is 346 g/mol. The topological polar surface area (TPSA) is 84.9 Å². The summed E-state index contributed by atoms with van der Waals surface area (Å²) in [5.74, 6) is 0.0405. The van der Waals surface area contributed by atoms with E-state index < -0.39 is 22.6 Å². The Kier molecular flexibility index (Phi) is 5.15. The van der Waals surface area contributed by atoms with Crippen molar-refractivity contribution in [3.8, 4) is 5.75 Å². The van der Waals surface area contributed by atoms with Crippen LogP contribution in [0.4, 0.5) is 16.2 Å². The second-order valence-corrected chi connectivity index (χ2v) is 6.72. The van der Waals surface area contributed by atoms with Crippen LogP contribution in [0.15, 0.2) is 33.9 Å². The van der Waals surface area contributed by atoms with Crippen molar-refractivity contribution < 1.29 is 14.3 Å². The van der Waals surface area contributed by atoms with Crippen LogP contribution in [0.2, 0.25) is 0 Å². The van der Waals surface area contributed by atoms with Crippen molar-refractivity contribution in [3.05, 3.63) is 50.3 Å². The van der Waals surface area contributed by atoms with Gasteiger partial charge < -0.3 is 19.7 Å². The molecule has 25 heavy (non-hydrogen) atoms. The molecule has 1 N–H and O–H groups in total. The summed E-state index contributed by atoms with van der Waals surface area (Å²) < 4.78 is 10.2. The van der Waals surface area contributed by atoms with Gasteiger partial charge in [0.15, 0.2) is 5.75 Å². The molecule has 2 aromatic carbocycles. The Hall–Kier alpha value is -2.83. The lowest BCUT2D eigenvalue weighted by molar-refractivity contribution is 0.0285. The van der Waals surface area contributed by atoms with E-state index in [1.54, 1.807) is 19.2 Å². The zero-order chi connectivity index (χ0) is 18.8. The monoisotopic (exact) mass is 346 g/mol. The van der Waals surface area contributed by atoms with Crippen LogP contribution in [0.5, 0.6) is 5.75 Å². The first kappa shape index (κ1) is 18.5. The van der Waals surface area contributed by atoms with Crippen LogP contribution < -0.4 is 20.9 Å². The molecule has 1 amide bonds. The van der Waals surface area contributed by atoms with Crippen LogP contribution in [-0.4, -0.2) is 30.8 Å². The number of methoxy groups -OCH3 is 1. The van der Waals surface area contributed by atoms with Gasteiger partial charge >= 0.3 is 6.09 Å². The number of nitrogens with zero attached hydrogens (tertiary/aromatic N) is 1. The van der Waals surface area contributed by atoms with E-state index in [1.165, 1.54) is 12.0 Å². The van der Waals surface area contributed by atoms with Gasteiger partial charge in [-0.2, -0.15) is 0 Å². The Morgan fingerprint density at radius 1 is 1.12 bits per heavy atom. The molecular weight excluding hydrogens is 324 g/mol. The Balaban J connectivity index is 2.00. The van der Waals surface area contributed by atoms with E-state index in [0.717, 1.165) is 5.56 Å². The predicted molar refractivity (Wildman–Crippen MR) is 95.3 cm³/mol. The van der Waals surface area contributed by atoms with Gasteiger partial charge in [-0.1, -0.05) is 12.1 Å².